The van der Waals surface area contributed by atoms with Gasteiger partial charge in [-0.15, -0.1) is 0 Å². The van der Waals surface area contributed by atoms with E-state index in [1.54, 1.807) is 54.6 Å². The third-order valence-electron chi connectivity index (χ3n) is 4.18. The number of amides is 2. The van der Waals surface area contributed by atoms with E-state index in [0.717, 1.165) is 0 Å². The Morgan fingerprint density at radius 1 is 0.812 bits per heavy atom. The lowest BCUT2D eigenvalue weighted by Crippen LogP contribution is -2.22. The molecule has 0 bridgehead atoms. The third kappa shape index (κ3) is 5.77. The first kappa shape index (κ1) is 21.7. The van der Waals surface area contributed by atoms with Gasteiger partial charge < -0.3 is 16.4 Å². The fourth-order valence-corrected chi connectivity index (χ4v) is 2.67. The van der Waals surface area contributed by atoms with Gasteiger partial charge in [-0.3, -0.25) is 20.4 Å². The summed E-state index contributed by atoms with van der Waals surface area (Å²) in [6.07, 6.45) is 0. The van der Waals surface area contributed by atoms with Crippen LogP contribution < -0.4 is 21.8 Å². The van der Waals surface area contributed by atoms with E-state index >= 15 is 0 Å². The zero-order valence-electron chi connectivity index (χ0n) is 16.8. The summed E-state index contributed by atoms with van der Waals surface area (Å²) in [5.41, 5.74) is 9.37. The SMILES string of the molecule is N#C/C(=N\Nc1cc(C(=O)Nc2ccccc2)cc(C(=O)Nc2ccccc2)c1)C(=N)N. The summed E-state index contributed by atoms with van der Waals surface area (Å²) in [6.45, 7) is 0. The molecule has 0 atom stereocenters. The van der Waals surface area contributed by atoms with Crippen molar-refractivity contribution in [1.29, 1.82) is 10.7 Å². The standard InChI is InChI=1S/C23H19N7O2/c24-14-20(21(25)26)30-29-19-12-15(22(31)27-17-7-3-1-4-8-17)11-16(13-19)23(32)28-18-9-5-2-6-10-18/h1-13,29H,(H3,25,26)(H,27,31)(H,28,32)/b30-20+. The van der Waals surface area contributed by atoms with Crippen molar-refractivity contribution in [2.24, 2.45) is 10.8 Å². The molecule has 158 valence electrons. The minimum Gasteiger partial charge on any atom is -0.382 e. The molecule has 3 rings (SSSR count). The molecule has 0 radical (unpaired) electrons. The Morgan fingerprint density at radius 2 is 1.28 bits per heavy atom. The smallest absolute Gasteiger partial charge is 0.255 e. The van der Waals surface area contributed by atoms with Crippen molar-refractivity contribution in [2.45, 2.75) is 0 Å². The molecule has 0 saturated carbocycles. The molecule has 0 unspecified atom stereocenters. The highest BCUT2D eigenvalue weighted by Crippen LogP contribution is 2.19. The van der Waals surface area contributed by atoms with Crippen LogP contribution in [0.3, 0.4) is 0 Å². The van der Waals surface area contributed by atoms with E-state index in [0.29, 0.717) is 11.4 Å². The number of hydrazone groups is 1. The normalized spacial score (nSPS) is 10.5. The Kier molecular flexibility index (Phi) is 6.91. The molecule has 0 aromatic heterocycles. The van der Waals surface area contributed by atoms with Crippen LogP contribution in [0.4, 0.5) is 17.1 Å². The summed E-state index contributed by atoms with van der Waals surface area (Å²) in [7, 11) is 0. The number of para-hydroxylation sites is 2. The average Bonchev–Trinajstić information content (AvgIpc) is 2.80. The van der Waals surface area contributed by atoms with E-state index < -0.39 is 17.6 Å². The summed E-state index contributed by atoms with van der Waals surface area (Å²) in [6, 6.07) is 23.8. The molecule has 0 spiro atoms. The molecule has 9 heteroatoms. The molecule has 9 nitrogen and oxygen atoms in total. The van der Waals surface area contributed by atoms with Crippen LogP contribution in [-0.4, -0.2) is 23.4 Å². The van der Waals surface area contributed by atoms with Crippen molar-refractivity contribution in [3.63, 3.8) is 0 Å². The number of anilines is 3. The van der Waals surface area contributed by atoms with E-state index in [9.17, 15) is 9.59 Å². The van der Waals surface area contributed by atoms with Gasteiger partial charge in [0.25, 0.3) is 11.8 Å². The Bertz CT molecular complexity index is 1140. The second-order valence-electron chi connectivity index (χ2n) is 6.54. The molecule has 6 N–H and O–H groups in total. The van der Waals surface area contributed by atoms with Crippen LogP contribution in [0.25, 0.3) is 0 Å². The van der Waals surface area contributed by atoms with Crippen LogP contribution >= 0.6 is 0 Å². The van der Waals surface area contributed by atoms with Gasteiger partial charge in [-0.25, -0.2) is 0 Å². The average molecular weight is 425 g/mol. The molecule has 0 aliphatic rings. The molecule has 0 fully saturated rings. The Balaban J connectivity index is 1.93. The molecular weight excluding hydrogens is 406 g/mol. The molecule has 0 aliphatic carbocycles. The van der Waals surface area contributed by atoms with Crippen molar-refractivity contribution in [3.8, 4) is 6.07 Å². The Hall–Kier alpha value is -4.97. The summed E-state index contributed by atoms with van der Waals surface area (Å²) in [5.74, 6) is -1.39. The van der Waals surface area contributed by atoms with Gasteiger partial charge in [0.05, 0.1) is 5.69 Å². The van der Waals surface area contributed by atoms with Crippen molar-refractivity contribution in [1.82, 2.24) is 0 Å². The molecule has 0 heterocycles. The predicted molar refractivity (Wildman–Crippen MR) is 124 cm³/mol. The van der Waals surface area contributed by atoms with Crippen LogP contribution in [0.5, 0.6) is 0 Å². The highest BCUT2D eigenvalue weighted by atomic mass is 16.2. The van der Waals surface area contributed by atoms with Crippen molar-refractivity contribution in [3.05, 3.63) is 90.0 Å². The molecule has 3 aromatic rings. The van der Waals surface area contributed by atoms with Gasteiger partial charge in [-0.1, -0.05) is 36.4 Å². The number of carbonyl (C=O) groups excluding carboxylic acids is 2. The minimum absolute atomic E-state index is 0.189. The zero-order valence-corrected chi connectivity index (χ0v) is 16.8. The van der Waals surface area contributed by atoms with Crippen LogP contribution in [-0.2, 0) is 0 Å². The van der Waals surface area contributed by atoms with E-state index in [1.807, 2.05) is 12.1 Å². The second kappa shape index (κ2) is 10.2. The topological polar surface area (TPSA) is 156 Å². The Labute approximate surface area is 184 Å². The fourth-order valence-electron chi connectivity index (χ4n) is 2.67. The van der Waals surface area contributed by atoms with Gasteiger partial charge in [-0.05, 0) is 42.5 Å². The quantitative estimate of drug-likeness (QED) is 0.223. The van der Waals surface area contributed by atoms with Gasteiger partial charge in [0.15, 0.2) is 5.84 Å². The second-order valence-corrected chi connectivity index (χ2v) is 6.54. The molecule has 0 saturated heterocycles. The molecular formula is C23H19N7O2. The number of hydrogen-bond donors (Lipinski definition) is 5. The van der Waals surface area contributed by atoms with E-state index in [1.165, 1.54) is 18.2 Å². The molecule has 2 amide bonds. The highest BCUT2D eigenvalue weighted by Gasteiger charge is 2.14. The maximum atomic E-state index is 12.8. The highest BCUT2D eigenvalue weighted by molar-refractivity contribution is 6.45. The Morgan fingerprint density at radius 3 is 1.69 bits per heavy atom. The first-order chi connectivity index (χ1) is 15.5. The van der Waals surface area contributed by atoms with Gasteiger partial charge >= 0.3 is 0 Å². The number of hydrogen-bond acceptors (Lipinski definition) is 6. The first-order valence-corrected chi connectivity index (χ1v) is 9.42. The number of amidine groups is 1. The largest absolute Gasteiger partial charge is 0.382 e. The van der Waals surface area contributed by atoms with Crippen molar-refractivity contribution >= 4 is 40.4 Å². The summed E-state index contributed by atoms with van der Waals surface area (Å²) in [4.78, 5) is 25.6. The summed E-state index contributed by atoms with van der Waals surface area (Å²) >= 11 is 0. The van der Waals surface area contributed by atoms with Crippen molar-refractivity contribution < 1.29 is 9.59 Å². The van der Waals surface area contributed by atoms with E-state index in [4.69, 9.17) is 16.4 Å². The number of rotatable bonds is 7. The lowest BCUT2D eigenvalue weighted by atomic mass is 10.1. The van der Waals surface area contributed by atoms with Gasteiger partial charge in [0.1, 0.15) is 6.07 Å². The van der Waals surface area contributed by atoms with E-state index in [2.05, 4.69) is 21.2 Å². The summed E-state index contributed by atoms with van der Waals surface area (Å²) < 4.78 is 0. The molecule has 32 heavy (non-hydrogen) atoms. The maximum absolute atomic E-state index is 12.8. The fraction of sp³-hybridized carbons (Fsp3) is 0. The minimum atomic E-state index is -0.514. The third-order valence-corrected chi connectivity index (χ3v) is 4.18. The molecule has 3 aromatic carbocycles. The molecule has 0 aliphatic heterocycles. The number of nitrogens with two attached hydrogens (primary N) is 1. The lowest BCUT2D eigenvalue weighted by molar-refractivity contribution is 0.102. The monoisotopic (exact) mass is 425 g/mol. The first-order valence-electron chi connectivity index (χ1n) is 9.42. The van der Waals surface area contributed by atoms with Gasteiger partial charge in [0, 0.05) is 22.5 Å². The number of benzene rings is 3. The van der Waals surface area contributed by atoms with Gasteiger partial charge in [0.2, 0.25) is 5.71 Å². The van der Waals surface area contributed by atoms with Crippen LogP contribution in [0.2, 0.25) is 0 Å². The van der Waals surface area contributed by atoms with E-state index in [-0.39, 0.29) is 22.5 Å². The maximum Gasteiger partial charge on any atom is 0.255 e. The number of nitrogens with one attached hydrogen (secondary N) is 4. The van der Waals surface area contributed by atoms with Crippen LogP contribution in [0.1, 0.15) is 20.7 Å². The predicted octanol–water partition coefficient (Wildman–Crippen LogP) is 3.42. The van der Waals surface area contributed by atoms with Gasteiger partial charge in [-0.2, -0.15) is 10.4 Å². The zero-order chi connectivity index (χ0) is 22.9. The number of carbonyl (C=O) groups is 2. The van der Waals surface area contributed by atoms with Crippen LogP contribution in [0, 0.1) is 16.7 Å². The summed E-state index contributed by atoms with van der Waals surface area (Å²) in [5, 5.41) is 25.6. The van der Waals surface area contributed by atoms with Crippen molar-refractivity contribution in [2.75, 3.05) is 16.1 Å². The number of nitrogens with zero attached hydrogens (tertiary/aromatic N) is 2. The lowest BCUT2D eigenvalue weighted by Gasteiger charge is -2.11. The van der Waals surface area contributed by atoms with Crippen LogP contribution in [0.15, 0.2) is 84.0 Å². The number of nitriles is 1.